The predicted molar refractivity (Wildman–Crippen MR) is 113 cm³/mol. The molecule has 0 atom stereocenters. The molecule has 0 radical (unpaired) electrons. The van der Waals surface area contributed by atoms with Gasteiger partial charge in [0.25, 0.3) is 10.0 Å². The fraction of sp³-hybridized carbons (Fsp3) is 0.136. The highest BCUT2D eigenvalue weighted by atomic mass is 32.2. The molecule has 0 aliphatic rings. The van der Waals surface area contributed by atoms with E-state index < -0.39 is 10.0 Å². The lowest BCUT2D eigenvalue weighted by molar-refractivity contribution is 0.269. The van der Waals surface area contributed by atoms with Crippen LogP contribution in [0.4, 0.5) is 4.39 Å². The number of halogens is 1. The molecule has 0 bridgehead atoms. The van der Waals surface area contributed by atoms with Crippen LogP contribution in [-0.2, 0) is 16.6 Å². The zero-order valence-electron chi connectivity index (χ0n) is 16.3. The average molecular weight is 428 g/mol. The highest BCUT2D eigenvalue weighted by molar-refractivity contribution is 7.89. The summed E-state index contributed by atoms with van der Waals surface area (Å²) in [5.41, 5.74) is 1.45. The summed E-state index contributed by atoms with van der Waals surface area (Å²) in [7, 11) is -3.73. The number of rotatable bonds is 9. The molecule has 0 aliphatic heterocycles. The monoisotopic (exact) mass is 428 g/mol. The third-order valence-electron chi connectivity index (χ3n) is 4.02. The maximum atomic E-state index is 13.0. The number of benzene rings is 3. The van der Waals surface area contributed by atoms with E-state index in [1.807, 2.05) is 6.92 Å². The van der Waals surface area contributed by atoms with Crippen LogP contribution in [0.3, 0.4) is 0 Å². The van der Waals surface area contributed by atoms with Gasteiger partial charge in [-0.15, -0.1) is 0 Å². The highest BCUT2D eigenvalue weighted by Crippen LogP contribution is 2.29. The van der Waals surface area contributed by atoms with Crippen LogP contribution in [0.5, 0.6) is 11.5 Å². The minimum Gasteiger partial charge on any atom is -0.490 e. The van der Waals surface area contributed by atoms with Crippen LogP contribution < -0.4 is 14.3 Å². The van der Waals surface area contributed by atoms with Crippen molar-refractivity contribution in [3.8, 4) is 11.5 Å². The molecule has 3 aromatic rings. The number of nitrogens with one attached hydrogen (secondary N) is 1. The van der Waals surface area contributed by atoms with Crippen molar-refractivity contribution in [1.82, 2.24) is 4.83 Å². The van der Waals surface area contributed by atoms with Gasteiger partial charge >= 0.3 is 0 Å². The first-order valence-electron chi connectivity index (χ1n) is 9.22. The Morgan fingerprint density at radius 2 is 1.70 bits per heavy atom. The second-order valence-corrected chi connectivity index (χ2v) is 7.88. The summed E-state index contributed by atoms with van der Waals surface area (Å²) in [6.07, 6.45) is 1.38. The van der Waals surface area contributed by atoms with Gasteiger partial charge in [0.2, 0.25) is 0 Å². The Bertz CT molecular complexity index is 1100. The van der Waals surface area contributed by atoms with E-state index in [2.05, 4.69) is 9.93 Å². The molecule has 0 unspecified atom stereocenters. The number of sulfonamides is 1. The lowest BCUT2D eigenvalue weighted by Crippen LogP contribution is -2.18. The van der Waals surface area contributed by atoms with E-state index >= 15 is 0 Å². The minimum atomic E-state index is -3.73. The lowest BCUT2D eigenvalue weighted by atomic mass is 10.2. The van der Waals surface area contributed by atoms with Gasteiger partial charge in [0.15, 0.2) is 11.5 Å². The zero-order valence-corrected chi connectivity index (χ0v) is 17.1. The summed E-state index contributed by atoms with van der Waals surface area (Å²) >= 11 is 0. The van der Waals surface area contributed by atoms with Crippen molar-refractivity contribution in [3.63, 3.8) is 0 Å². The Labute approximate surface area is 175 Å². The Kier molecular flexibility index (Phi) is 7.03. The van der Waals surface area contributed by atoms with Crippen molar-refractivity contribution < 1.29 is 22.3 Å². The number of hydrazone groups is 1. The molecule has 0 saturated carbocycles. The number of hydrogen-bond donors (Lipinski definition) is 1. The predicted octanol–water partition coefficient (Wildman–Crippen LogP) is 4.12. The molecule has 0 spiro atoms. The Balaban J connectivity index is 1.69. The van der Waals surface area contributed by atoms with E-state index in [-0.39, 0.29) is 17.3 Å². The van der Waals surface area contributed by atoms with Crippen LogP contribution in [0, 0.1) is 5.82 Å². The molecule has 3 aromatic carbocycles. The topological polar surface area (TPSA) is 77.0 Å². The van der Waals surface area contributed by atoms with E-state index in [0.29, 0.717) is 23.7 Å². The van der Waals surface area contributed by atoms with Crippen LogP contribution in [0.2, 0.25) is 0 Å². The number of nitrogens with zero attached hydrogens (tertiary/aromatic N) is 1. The highest BCUT2D eigenvalue weighted by Gasteiger charge is 2.11. The largest absolute Gasteiger partial charge is 0.490 e. The smallest absolute Gasteiger partial charge is 0.276 e. The number of hydrogen-bond acceptors (Lipinski definition) is 5. The SMILES string of the molecule is CCOc1cc(/C=N/NS(=O)(=O)c2ccccc2)ccc1OCc1ccc(F)cc1. The molecular weight excluding hydrogens is 407 g/mol. The molecule has 0 fully saturated rings. The first-order valence-corrected chi connectivity index (χ1v) is 10.7. The quantitative estimate of drug-likeness (QED) is 0.411. The second-order valence-electron chi connectivity index (χ2n) is 6.22. The van der Waals surface area contributed by atoms with Gasteiger partial charge in [0.05, 0.1) is 17.7 Å². The standard InChI is InChI=1S/C22H21FN2O4S/c1-2-28-22-14-18(15-24-25-30(26,27)20-6-4-3-5-7-20)10-13-21(22)29-16-17-8-11-19(23)12-9-17/h3-15,25H,2,16H2,1H3/b24-15+. The molecule has 1 N–H and O–H groups in total. The zero-order chi connectivity index (χ0) is 21.4. The average Bonchev–Trinajstić information content (AvgIpc) is 2.75. The maximum absolute atomic E-state index is 13.0. The fourth-order valence-electron chi connectivity index (χ4n) is 2.56. The van der Waals surface area contributed by atoms with Crippen LogP contribution in [0.1, 0.15) is 18.1 Å². The van der Waals surface area contributed by atoms with Crippen molar-refractivity contribution in [2.24, 2.45) is 5.10 Å². The third kappa shape index (κ3) is 5.81. The van der Waals surface area contributed by atoms with Gasteiger partial charge in [0, 0.05) is 0 Å². The summed E-state index contributed by atoms with van der Waals surface area (Å²) in [6.45, 7) is 2.53. The Hall–Kier alpha value is -3.39. The van der Waals surface area contributed by atoms with Crippen LogP contribution >= 0.6 is 0 Å². The molecule has 0 aromatic heterocycles. The van der Waals surface area contributed by atoms with E-state index in [1.54, 1.807) is 48.5 Å². The summed E-state index contributed by atoms with van der Waals surface area (Å²) < 4.78 is 48.8. The van der Waals surface area contributed by atoms with E-state index in [4.69, 9.17) is 9.47 Å². The van der Waals surface area contributed by atoms with Crippen molar-refractivity contribution in [3.05, 3.63) is 89.7 Å². The van der Waals surface area contributed by atoms with E-state index in [9.17, 15) is 12.8 Å². The molecule has 156 valence electrons. The molecule has 3 rings (SSSR count). The van der Waals surface area contributed by atoms with Gasteiger partial charge < -0.3 is 9.47 Å². The minimum absolute atomic E-state index is 0.127. The first-order chi connectivity index (χ1) is 14.5. The van der Waals surface area contributed by atoms with Crippen molar-refractivity contribution >= 4 is 16.2 Å². The molecule has 30 heavy (non-hydrogen) atoms. The molecule has 8 heteroatoms. The molecule has 0 saturated heterocycles. The summed E-state index contributed by atoms with van der Waals surface area (Å²) in [5, 5.41) is 3.83. The molecule has 0 heterocycles. The van der Waals surface area contributed by atoms with E-state index in [1.165, 1.54) is 30.5 Å². The van der Waals surface area contributed by atoms with Crippen molar-refractivity contribution in [2.75, 3.05) is 6.61 Å². The summed E-state index contributed by atoms with van der Waals surface area (Å²) in [6, 6.07) is 19.2. The normalized spacial score (nSPS) is 11.4. The second kappa shape index (κ2) is 9.89. The van der Waals surface area contributed by atoms with E-state index in [0.717, 1.165) is 5.56 Å². The van der Waals surface area contributed by atoms with Gasteiger partial charge in [-0.25, -0.2) is 9.22 Å². The van der Waals surface area contributed by atoms with Gasteiger partial charge in [0.1, 0.15) is 12.4 Å². The molecular formula is C22H21FN2O4S. The van der Waals surface area contributed by atoms with Gasteiger partial charge in [-0.05, 0) is 60.5 Å². The maximum Gasteiger partial charge on any atom is 0.276 e. The van der Waals surface area contributed by atoms with Crippen LogP contribution in [-0.4, -0.2) is 21.2 Å². The molecule has 0 aliphatic carbocycles. The van der Waals surface area contributed by atoms with Gasteiger partial charge in [-0.2, -0.15) is 13.5 Å². The summed E-state index contributed by atoms with van der Waals surface area (Å²) in [5.74, 6) is 0.706. The fourth-order valence-corrected chi connectivity index (χ4v) is 3.37. The molecule has 0 amide bonds. The summed E-state index contributed by atoms with van der Waals surface area (Å²) in [4.78, 5) is 2.31. The number of ether oxygens (including phenoxy) is 2. The lowest BCUT2D eigenvalue weighted by Gasteiger charge is -2.12. The van der Waals surface area contributed by atoms with Crippen molar-refractivity contribution in [2.45, 2.75) is 18.4 Å². The molecule has 6 nitrogen and oxygen atoms in total. The van der Waals surface area contributed by atoms with Crippen LogP contribution in [0.25, 0.3) is 0 Å². The first kappa shape index (κ1) is 21.3. The Morgan fingerprint density at radius 1 is 0.967 bits per heavy atom. The van der Waals surface area contributed by atoms with Gasteiger partial charge in [-0.3, -0.25) is 0 Å². The van der Waals surface area contributed by atoms with Gasteiger partial charge in [-0.1, -0.05) is 30.3 Å². The van der Waals surface area contributed by atoms with Crippen LogP contribution in [0.15, 0.2) is 82.8 Å². The Morgan fingerprint density at radius 3 is 2.40 bits per heavy atom. The third-order valence-corrected chi connectivity index (χ3v) is 5.25. The van der Waals surface area contributed by atoms with Crippen molar-refractivity contribution in [1.29, 1.82) is 0 Å².